The minimum absolute atomic E-state index is 0.148. The minimum atomic E-state index is -4.30. The molecule has 0 fully saturated rings. The molecule has 0 saturated heterocycles. The van der Waals surface area contributed by atoms with Crippen molar-refractivity contribution in [3.8, 4) is 0 Å². The lowest BCUT2D eigenvalue weighted by Crippen LogP contribution is -2.16. The summed E-state index contributed by atoms with van der Waals surface area (Å²) in [5.74, 6) is 0. The number of aliphatic hydroxyl groups excluding tert-OH is 1. The van der Waals surface area contributed by atoms with E-state index in [9.17, 15) is 4.79 Å². The van der Waals surface area contributed by atoms with Crippen molar-refractivity contribution < 1.29 is 29.1 Å². The van der Waals surface area contributed by atoms with Crippen LogP contribution in [0.4, 0.5) is 0 Å². The summed E-state index contributed by atoms with van der Waals surface area (Å²) in [5, 5.41) is 8.41. The second kappa shape index (κ2) is 3.92. The lowest BCUT2D eigenvalue weighted by molar-refractivity contribution is -0.116. The zero-order chi connectivity index (χ0) is 8.20. The third-order valence-corrected chi connectivity index (χ3v) is 1.07. The number of hydrogen-bond donors (Lipinski definition) is 4. The summed E-state index contributed by atoms with van der Waals surface area (Å²) in [7, 11) is -4.30. The van der Waals surface area contributed by atoms with Gasteiger partial charge in [-0.2, -0.15) is 19.2 Å². The highest BCUT2D eigenvalue weighted by molar-refractivity contribution is 7.53. The number of carbonyl (C=O) groups excluding carboxylic acids is 1. The van der Waals surface area contributed by atoms with Crippen LogP contribution in [0.15, 0.2) is 0 Å². The minimum Gasteiger partial charge on any atom is -0.383 e. The molecule has 0 saturated carbocycles. The average Bonchev–Trinajstić information content (AvgIpc) is 1.81. The van der Waals surface area contributed by atoms with E-state index in [1.807, 2.05) is 0 Å². The summed E-state index contributed by atoms with van der Waals surface area (Å²) in [4.78, 5) is 34.1. The number of aliphatic hydroxyl groups is 1. The van der Waals surface area contributed by atoms with Crippen molar-refractivity contribution in [1.29, 1.82) is 0 Å². The summed E-state index contributed by atoms with van der Waals surface area (Å²) < 4.78 is 3.88. The molecule has 0 spiro atoms. The van der Waals surface area contributed by atoms with Gasteiger partial charge in [0, 0.05) is 0 Å². The normalized spacial score (nSPS) is 14.8. The van der Waals surface area contributed by atoms with Crippen molar-refractivity contribution in [2.75, 3.05) is 6.61 Å². The van der Waals surface area contributed by atoms with E-state index in [1.165, 1.54) is 0 Å². The van der Waals surface area contributed by atoms with E-state index in [0.717, 1.165) is 0 Å². The summed E-state index contributed by atoms with van der Waals surface area (Å²) >= 11 is 0. The van der Waals surface area contributed by atoms with Crippen LogP contribution in [0.25, 0.3) is 0 Å². The van der Waals surface area contributed by atoms with Crippen LogP contribution in [0.3, 0.4) is 0 Å². The zero-order valence-corrected chi connectivity index (χ0v) is 5.81. The van der Waals surface area contributed by atoms with E-state index in [4.69, 9.17) is 19.8 Å². The third-order valence-electron chi connectivity index (χ3n) is 0.576. The van der Waals surface area contributed by atoms with Gasteiger partial charge in [0.05, 0.1) is 0 Å². The van der Waals surface area contributed by atoms with Crippen molar-refractivity contribution in [2.45, 2.75) is 6.10 Å². The van der Waals surface area contributed by atoms with E-state index < -0.39 is 20.9 Å². The van der Waals surface area contributed by atoms with E-state index >= 15 is 0 Å². The van der Waals surface area contributed by atoms with Crippen molar-refractivity contribution in [3.63, 3.8) is 0 Å². The summed E-state index contributed by atoms with van der Waals surface area (Å²) in [6, 6.07) is 0. The molecule has 6 nitrogen and oxygen atoms in total. The van der Waals surface area contributed by atoms with Crippen LogP contribution < -0.4 is 0 Å². The molecular formula is C3H8O6P+. The quantitative estimate of drug-likeness (QED) is 0.294. The molecule has 60 valence electrons. The van der Waals surface area contributed by atoms with Crippen LogP contribution in [0, 0.1) is 0 Å². The largest absolute Gasteiger partial charge is 0.567 e. The molecule has 0 aromatic carbocycles. The SMILES string of the molecule is O=CC(O)CO[P+](O)(O)O. The molecule has 0 rings (SSSR count). The maximum Gasteiger partial charge on any atom is 0.567 e. The topological polar surface area (TPSA) is 107 Å². The lowest BCUT2D eigenvalue weighted by atomic mass is 10.4. The molecule has 1 unspecified atom stereocenters. The number of aldehydes is 1. The van der Waals surface area contributed by atoms with Gasteiger partial charge in [0.2, 0.25) is 0 Å². The summed E-state index contributed by atoms with van der Waals surface area (Å²) in [6.07, 6.45) is -1.29. The van der Waals surface area contributed by atoms with Crippen LogP contribution in [0.5, 0.6) is 0 Å². The molecule has 0 aliphatic heterocycles. The Labute approximate surface area is 57.4 Å². The van der Waals surface area contributed by atoms with Gasteiger partial charge in [-0.1, -0.05) is 0 Å². The van der Waals surface area contributed by atoms with E-state index in [-0.39, 0.29) is 6.29 Å². The van der Waals surface area contributed by atoms with E-state index in [2.05, 4.69) is 4.52 Å². The van der Waals surface area contributed by atoms with Crippen molar-refractivity contribution >= 4 is 14.5 Å². The smallest absolute Gasteiger partial charge is 0.383 e. The van der Waals surface area contributed by atoms with Gasteiger partial charge >= 0.3 is 8.17 Å². The summed E-state index contributed by atoms with van der Waals surface area (Å²) in [6.45, 7) is -0.624. The monoisotopic (exact) mass is 171 g/mol. The highest BCUT2D eigenvalue weighted by Crippen LogP contribution is 2.45. The second-order valence-corrected chi connectivity index (χ2v) is 2.80. The first-order chi connectivity index (χ1) is 4.45. The van der Waals surface area contributed by atoms with Crippen molar-refractivity contribution in [1.82, 2.24) is 0 Å². The molecule has 0 amide bonds. The van der Waals surface area contributed by atoms with Crippen molar-refractivity contribution in [2.24, 2.45) is 0 Å². The standard InChI is InChI=1S/C3H8O6P/c4-1-3(5)2-9-10(6,7)8/h1,3,5-8H,2H2/q+1. The highest BCUT2D eigenvalue weighted by atomic mass is 31.2. The van der Waals surface area contributed by atoms with Crippen LogP contribution in [0.2, 0.25) is 0 Å². The molecule has 4 N–H and O–H groups in total. The Morgan fingerprint density at radius 1 is 1.50 bits per heavy atom. The van der Waals surface area contributed by atoms with Gasteiger partial charge in [-0.15, -0.1) is 0 Å². The molecule has 1 atom stereocenters. The van der Waals surface area contributed by atoms with Crippen LogP contribution in [0.1, 0.15) is 0 Å². The van der Waals surface area contributed by atoms with Crippen LogP contribution in [-0.4, -0.2) is 38.8 Å². The average molecular weight is 171 g/mol. The molecule has 7 heteroatoms. The Morgan fingerprint density at radius 3 is 2.30 bits per heavy atom. The van der Waals surface area contributed by atoms with Gasteiger partial charge in [-0.05, 0) is 0 Å². The Bertz CT molecular complexity index is 108. The van der Waals surface area contributed by atoms with Gasteiger partial charge in [-0.3, -0.25) is 0 Å². The van der Waals surface area contributed by atoms with Gasteiger partial charge in [0.1, 0.15) is 12.7 Å². The maximum absolute atomic E-state index is 9.66. The Hall–Kier alpha value is -0.100. The van der Waals surface area contributed by atoms with Crippen LogP contribution >= 0.6 is 8.17 Å². The van der Waals surface area contributed by atoms with Gasteiger partial charge in [0.15, 0.2) is 6.29 Å². The number of hydrogen-bond acceptors (Lipinski definition) is 6. The van der Waals surface area contributed by atoms with Gasteiger partial charge in [0.25, 0.3) is 0 Å². The summed E-state index contributed by atoms with van der Waals surface area (Å²) in [5.41, 5.74) is 0. The third kappa shape index (κ3) is 6.03. The molecule has 0 aliphatic rings. The second-order valence-electron chi connectivity index (χ2n) is 1.51. The number of carbonyl (C=O) groups is 1. The Kier molecular flexibility index (Phi) is 3.88. The predicted octanol–water partition coefficient (Wildman–Crippen LogP) is -1.78. The Balaban J connectivity index is 3.45. The van der Waals surface area contributed by atoms with E-state index in [0.29, 0.717) is 0 Å². The maximum atomic E-state index is 9.66. The Morgan fingerprint density at radius 2 is 2.00 bits per heavy atom. The van der Waals surface area contributed by atoms with E-state index in [1.54, 1.807) is 0 Å². The molecule has 0 heterocycles. The first-order valence-electron chi connectivity index (χ1n) is 2.31. The molecule has 0 bridgehead atoms. The first-order valence-corrected chi connectivity index (χ1v) is 3.87. The molecule has 0 aromatic heterocycles. The molecule has 0 radical (unpaired) electrons. The molecule has 0 aliphatic carbocycles. The first kappa shape index (κ1) is 9.90. The predicted molar refractivity (Wildman–Crippen MR) is 31.6 cm³/mol. The fourth-order valence-electron chi connectivity index (χ4n) is 0.216. The van der Waals surface area contributed by atoms with Crippen molar-refractivity contribution in [3.05, 3.63) is 0 Å². The van der Waals surface area contributed by atoms with Gasteiger partial charge in [-0.25, -0.2) is 0 Å². The molecule has 10 heavy (non-hydrogen) atoms. The highest BCUT2D eigenvalue weighted by Gasteiger charge is 2.33. The van der Waals surface area contributed by atoms with Gasteiger partial charge < -0.3 is 9.90 Å². The number of rotatable bonds is 4. The fraction of sp³-hybridized carbons (Fsp3) is 0.667. The lowest BCUT2D eigenvalue weighted by Gasteiger charge is -2.02. The molecular weight excluding hydrogens is 163 g/mol. The fourth-order valence-corrected chi connectivity index (χ4v) is 0.568. The zero-order valence-electron chi connectivity index (χ0n) is 4.91. The molecule has 0 aromatic rings. The van der Waals surface area contributed by atoms with Crippen LogP contribution in [-0.2, 0) is 9.32 Å².